The molecule has 6 heteroatoms. The summed E-state index contributed by atoms with van der Waals surface area (Å²) < 4.78 is 5.15. The third-order valence-corrected chi connectivity index (χ3v) is 3.22. The summed E-state index contributed by atoms with van der Waals surface area (Å²) >= 11 is 0. The van der Waals surface area contributed by atoms with Gasteiger partial charge < -0.3 is 21.1 Å². The molecule has 1 aliphatic rings. The molecule has 0 radical (unpaired) electrons. The maximum absolute atomic E-state index is 11.9. The fraction of sp³-hybridized carbons (Fsp3) is 0.333. The van der Waals surface area contributed by atoms with E-state index in [0.717, 1.165) is 12.0 Å². The van der Waals surface area contributed by atoms with Crippen LogP contribution in [0.1, 0.15) is 12.0 Å². The molecule has 1 aromatic rings. The number of benzene rings is 1. The molecule has 1 aromatic carbocycles. The Morgan fingerprint density at radius 2 is 2.05 bits per heavy atom. The fourth-order valence-corrected chi connectivity index (χ4v) is 2.09. The average molecular weight is 289 g/mol. The van der Waals surface area contributed by atoms with Crippen molar-refractivity contribution in [3.05, 3.63) is 35.9 Å². The first kappa shape index (κ1) is 15.1. The number of hydrogen-bond donors (Lipinski definition) is 2. The molecule has 6 nitrogen and oxygen atoms in total. The van der Waals surface area contributed by atoms with Crippen molar-refractivity contribution < 1.29 is 14.3 Å². The van der Waals surface area contributed by atoms with E-state index in [0.29, 0.717) is 18.8 Å². The average Bonchev–Trinajstić information content (AvgIpc) is 2.90. The highest BCUT2D eigenvalue weighted by molar-refractivity contribution is 5.92. The van der Waals surface area contributed by atoms with E-state index in [4.69, 9.17) is 16.2 Å². The first-order valence-electron chi connectivity index (χ1n) is 6.78. The molecular weight excluding hydrogens is 270 g/mol. The van der Waals surface area contributed by atoms with E-state index in [1.165, 1.54) is 6.08 Å². The zero-order valence-corrected chi connectivity index (χ0v) is 11.7. The van der Waals surface area contributed by atoms with Gasteiger partial charge in [0.25, 0.3) is 5.91 Å². The lowest BCUT2D eigenvalue weighted by Gasteiger charge is -2.12. The quantitative estimate of drug-likeness (QED) is 0.752. The van der Waals surface area contributed by atoms with Gasteiger partial charge in [-0.15, -0.1) is 0 Å². The normalized spacial score (nSPS) is 18.1. The lowest BCUT2D eigenvalue weighted by atomic mass is 10.2. The molecule has 1 aliphatic heterocycles. The van der Waals surface area contributed by atoms with Crippen molar-refractivity contribution >= 4 is 17.9 Å². The van der Waals surface area contributed by atoms with Crippen molar-refractivity contribution in [2.24, 2.45) is 11.5 Å². The van der Waals surface area contributed by atoms with Gasteiger partial charge in [0, 0.05) is 25.2 Å². The van der Waals surface area contributed by atoms with Crippen molar-refractivity contribution in [1.82, 2.24) is 4.90 Å². The fourth-order valence-electron chi connectivity index (χ4n) is 2.09. The molecule has 0 saturated carbocycles. The van der Waals surface area contributed by atoms with Crippen LogP contribution >= 0.6 is 0 Å². The molecule has 112 valence electrons. The Hall–Kier alpha value is -2.34. The summed E-state index contributed by atoms with van der Waals surface area (Å²) in [5.41, 5.74) is 11.6. The van der Waals surface area contributed by atoms with Crippen molar-refractivity contribution in [3.63, 3.8) is 0 Å². The Kier molecular flexibility index (Phi) is 4.94. The largest absolute Gasteiger partial charge is 0.484 e. The van der Waals surface area contributed by atoms with Gasteiger partial charge in [0.05, 0.1) is 0 Å². The van der Waals surface area contributed by atoms with E-state index < -0.39 is 5.91 Å². The second-order valence-electron chi connectivity index (χ2n) is 4.99. The summed E-state index contributed by atoms with van der Waals surface area (Å²) in [6.45, 7) is 1.18. The smallest absolute Gasteiger partial charge is 0.255 e. The molecule has 0 unspecified atom stereocenters. The number of hydrogen-bond acceptors (Lipinski definition) is 4. The number of carbonyl (C=O) groups is 2. The van der Waals surface area contributed by atoms with Gasteiger partial charge in [-0.1, -0.05) is 12.1 Å². The molecule has 4 N–H and O–H groups in total. The predicted molar refractivity (Wildman–Crippen MR) is 79.3 cm³/mol. The molecule has 2 amide bonds. The van der Waals surface area contributed by atoms with E-state index in [1.54, 1.807) is 35.2 Å². The number of likely N-dealkylation sites (tertiary alicyclic amines) is 1. The topological polar surface area (TPSA) is 98.7 Å². The van der Waals surface area contributed by atoms with Crippen molar-refractivity contribution in [1.29, 1.82) is 0 Å². The maximum atomic E-state index is 11.9. The second-order valence-corrected chi connectivity index (χ2v) is 4.99. The van der Waals surface area contributed by atoms with Crippen LogP contribution in [-0.4, -0.2) is 42.5 Å². The zero-order chi connectivity index (χ0) is 15.2. The molecule has 1 saturated heterocycles. The molecule has 0 aromatic heterocycles. The highest BCUT2D eigenvalue weighted by atomic mass is 16.5. The van der Waals surface area contributed by atoms with Crippen molar-refractivity contribution in [3.8, 4) is 5.75 Å². The third-order valence-electron chi connectivity index (χ3n) is 3.22. The Morgan fingerprint density at radius 1 is 1.33 bits per heavy atom. The zero-order valence-electron chi connectivity index (χ0n) is 11.7. The van der Waals surface area contributed by atoms with Crippen LogP contribution in [0.15, 0.2) is 30.3 Å². The number of primary amides is 1. The van der Waals surface area contributed by atoms with Gasteiger partial charge in [0.15, 0.2) is 6.61 Å². The van der Waals surface area contributed by atoms with Gasteiger partial charge in [0.2, 0.25) is 5.91 Å². The SMILES string of the molecule is NC(=O)COc1ccc(/C=C/C(=O)N2CC[C@@H](N)C2)cc1. The van der Waals surface area contributed by atoms with Crippen LogP contribution in [0.5, 0.6) is 5.75 Å². The number of ether oxygens (including phenoxy) is 1. The molecule has 0 spiro atoms. The van der Waals surface area contributed by atoms with E-state index in [-0.39, 0.29) is 18.6 Å². The lowest BCUT2D eigenvalue weighted by Crippen LogP contribution is -2.30. The monoisotopic (exact) mass is 289 g/mol. The number of rotatable bonds is 5. The summed E-state index contributed by atoms with van der Waals surface area (Å²) in [5, 5.41) is 0. The van der Waals surface area contributed by atoms with E-state index >= 15 is 0 Å². The lowest BCUT2D eigenvalue weighted by molar-refractivity contribution is -0.125. The van der Waals surface area contributed by atoms with Crippen LogP contribution in [0.25, 0.3) is 6.08 Å². The van der Waals surface area contributed by atoms with Crippen LogP contribution in [-0.2, 0) is 9.59 Å². The minimum absolute atomic E-state index is 0.0306. The molecule has 1 atom stereocenters. The van der Waals surface area contributed by atoms with Gasteiger partial charge in [-0.3, -0.25) is 9.59 Å². The summed E-state index contributed by atoms with van der Waals surface area (Å²) in [4.78, 5) is 24.3. The maximum Gasteiger partial charge on any atom is 0.255 e. The van der Waals surface area contributed by atoms with Crippen molar-refractivity contribution in [2.45, 2.75) is 12.5 Å². The van der Waals surface area contributed by atoms with Crippen molar-refractivity contribution in [2.75, 3.05) is 19.7 Å². The van der Waals surface area contributed by atoms with Crippen LogP contribution in [0.2, 0.25) is 0 Å². The van der Waals surface area contributed by atoms with E-state index in [1.807, 2.05) is 0 Å². The Bertz CT molecular complexity index is 540. The molecule has 1 heterocycles. The van der Waals surface area contributed by atoms with Gasteiger partial charge in [-0.2, -0.15) is 0 Å². The number of amides is 2. The standard InChI is InChI=1S/C15H19N3O3/c16-12-7-8-18(9-12)15(20)6-3-11-1-4-13(5-2-11)21-10-14(17)19/h1-6,12H,7-10,16H2,(H2,17,19)/b6-3+/t12-/m1/s1. The Morgan fingerprint density at radius 3 is 2.62 bits per heavy atom. The van der Waals surface area contributed by atoms with Gasteiger partial charge in [0.1, 0.15) is 5.75 Å². The molecule has 1 fully saturated rings. The van der Waals surface area contributed by atoms with Gasteiger partial charge >= 0.3 is 0 Å². The number of nitrogens with zero attached hydrogens (tertiary/aromatic N) is 1. The molecule has 21 heavy (non-hydrogen) atoms. The van der Waals surface area contributed by atoms with Gasteiger partial charge in [-0.05, 0) is 30.2 Å². The minimum atomic E-state index is -0.520. The predicted octanol–water partition coefficient (Wildman–Crippen LogP) is 0.124. The Balaban J connectivity index is 1.89. The highest BCUT2D eigenvalue weighted by Gasteiger charge is 2.21. The van der Waals surface area contributed by atoms with E-state index in [9.17, 15) is 9.59 Å². The van der Waals surface area contributed by atoms with Crippen LogP contribution in [0, 0.1) is 0 Å². The number of nitrogens with two attached hydrogens (primary N) is 2. The molecular formula is C15H19N3O3. The molecule has 2 rings (SSSR count). The first-order valence-corrected chi connectivity index (χ1v) is 6.78. The third kappa shape index (κ3) is 4.61. The summed E-state index contributed by atoms with van der Waals surface area (Å²) in [6, 6.07) is 7.13. The van der Waals surface area contributed by atoms with Crippen LogP contribution in [0.4, 0.5) is 0 Å². The second kappa shape index (κ2) is 6.90. The first-order chi connectivity index (χ1) is 10.0. The Labute approximate surface area is 123 Å². The van der Waals surface area contributed by atoms with Crippen LogP contribution in [0.3, 0.4) is 0 Å². The molecule has 0 aliphatic carbocycles. The minimum Gasteiger partial charge on any atom is -0.484 e. The highest BCUT2D eigenvalue weighted by Crippen LogP contribution is 2.14. The summed E-state index contributed by atoms with van der Waals surface area (Å²) in [6.07, 6.45) is 4.13. The number of carbonyl (C=O) groups excluding carboxylic acids is 2. The van der Waals surface area contributed by atoms with Gasteiger partial charge in [-0.25, -0.2) is 0 Å². The molecule has 0 bridgehead atoms. The van der Waals surface area contributed by atoms with E-state index in [2.05, 4.69) is 0 Å². The summed E-state index contributed by atoms with van der Waals surface area (Å²) in [5.74, 6) is 0.00758. The summed E-state index contributed by atoms with van der Waals surface area (Å²) in [7, 11) is 0. The van der Waals surface area contributed by atoms with Crippen LogP contribution < -0.4 is 16.2 Å².